The third-order valence-corrected chi connectivity index (χ3v) is 7.98. The van der Waals surface area contributed by atoms with Gasteiger partial charge in [-0.05, 0) is 55.4 Å². The third kappa shape index (κ3) is 6.01. The summed E-state index contributed by atoms with van der Waals surface area (Å²) in [5, 5.41) is 14.1. The zero-order valence-corrected chi connectivity index (χ0v) is 23.7. The zero-order valence-electron chi connectivity index (χ0n) is 22.9. The number of hydroxylamine groups is 2. The number of nitrogens with one attached hydrogen (secondary N) is 1. The Morgan fingerprint density at radius 1 is 1.05 bits per heavy atom. The van der Waals surface area contributed by atoms with Gasteiger partial charge in [0, 0.05) is 5.57 Å². The average Bonchev–Trinajstić information content (AvgIpc) is 3.26. The SMILES string of the molecule is CC(C)(C)OC(=O)N[C@@H]1C(=O)N2[C@@H](C(=O)OC(c3ccccc3)c3ccccc3)C(/C=C3\CCN(O)C3=O)=CS[C@H]12. The number of fused-ring (bicyclic) bond motifs is 1. The molecule has 0 aromatic heterocycles. The highest BCUT2D eigenvalue weighted by Gasteiger charge is 2.56. The van der Waals surface area contributed by atoms with E-state index < -0.39 is 53.0 Å². The summed E-state index contributed by atoms with van der Waals surface area (Å²) in [5.41, 5.74) is 1.45. The molecule has 0 unspecified atom stereocenters. The van der Waals surface area contributed by atoms with Crippen molar-refractivity contribution in [3.05, 3.63) is 94.4 Å². The highest BCUT2D eigenvalue weighted by molar-refractivity contribution is 8.03. The molecule has 214 valence electrons. The van der Waals surface area contributed by atoms with Crippen LogP contribution in [-0.4, -0.2) is 68.7 Å². The molecule has 2 aromatic carbocycles. The highest BCUT2D eigenvalue weighted by Crippen LogP contribution is 2.42. The number of alkyl carbamates (subject to hydrolysis) is 1. The summed E-state index contributed by atoms with van der Waals surface area (Å²) in [5.74, 6) is -1.72. The predicted molar refractivity (Wildman–Crippen MR) is 150 cm³/mol. The number of esters is 1. The summed E-state index contributed by atoms with van der Waals surface area (Å²) >= 11 is 1.24. The van der Waals surface area contributed by atoms with Crippen molar-refractivity contribution in [2.75, 3.05) is 6.54 Å². The molecule has 3 atom stereocenters. The summed E-state index contributed by atoms with van der Waals surface area (Å²) in [4.78, 5) is 53.6. The summed E-state index contributed by atoms with van der Waals surface area (Å²) in [6.45, 7) is 5.30. The van der Waals surface area contributed by atoms with Crippen LogP contribution < -0.4 is 5.32 Å². The van der Waals surface area contributed by atoms with Crippen LogP contribution in [-0.2, 0) is 23.9 Å². The largest absolute Gasteiger partial charge is 0.451 e. The molecule has 2 N–H and O–H groups in total. The first kappa shape index (κ1) is 28.4. The third-order valence-electron chi connectivity index (χ3n) is 6.79. The van der Waals surface area contributed by atoms with Gasteiger partial charge in [-0.25, -0.2) is 14.7 Å². The number of benzene rings is 2. The normalized spacial score (nSPS) is 23.2. The molecule has 3 aliphatic heterocycles. The molecule has 41 heavy (non-hydrogen) atoms. The Morgan fingerprint density at radius 3 is 2.20 bits per heavy atom. The van der Waals surface area contributed by atoms with E-state index in [2.05, 4.69) is 5.32 Å². The highest BCUT2D eigenvalue weighted by atomic mass is 32.2. The number of ether oxygens (including phenoxy) is 2. The van der Waals surface area contributed by atoms with Crippen LogP contribution in [0.1, 0.15) is 44.4 Å². The van der Waals surface area contributed by atoms with Crippen molar-refractivity contribution < 1.29 is 33.9 Å². The van der Waals surface area contributed by atoms with E-state index in [-0.39, 0.29) is 13.0 Å². The van der Waals surface area contributed by atoms with Crippen molar-refractivity contribution in [3.63, 3.8) is 0 Å². The number of carbonyl (C=O) groups excluding carboxylic acids is 4. The van der Waals surface area contributed by atoms with Crippen LogP contribution in [0.15, 0.2) is 83.3 Å². The number of hydrogen-bond acceptors (Lipinski definition) is 8. The second-order valence-corrected chi connectivity index (χ2v) is 11.9. The molecule has 5 rings (SSSR count). The van der Waals surface area contributed by atoms with Crippen LogP contribution in [0.25, 0.3) is 0 Å². The summed E-state index contributed by atoms with van der Waals surface area (Å²) < 4.78 is 11.4. The van der Waals surface area contributed by atoms with Crippen molar-refractivity contribution in [3.8, 4) is 0 Å². The van der Waals surface area contributed by atoms with Crippen molar-refractivity contribution in [2.24, 2.45) is 0 Å². The number of amides is 3. The molecule has 11 heteroatoms. The van der Waals surface area contributed by atoms with Gasteiger partial charge in [-0.3, -0.25) is 14.8 Å². The first-order valence-corrected chi connectivity index (χ1v) is 14.2. The molecule has 0 radical (unpaired) electrons. The van der Waals surface area contributed by atoms with E-state index in [1.54, 1.807) is 26.2 Å². The fourth-order valence-corrected chi connectivity index (χ4v) is 6.10. The van der Waals surface area contributed by atoms with Gasteiger partial charge in [0.1, 0.15) is 17.0 Å². The molecule has 2 saturated heterocycles. The maximum Gasteiger partial charge on any atom is 0.408 e. The van der Waals surface area contributed by atoms with E-state index >= 15 is 0 Å². The number of rotatable bonds is 6. The number of hydrogen-bond donors (Lipinski definition) is 2. The smallest absolute Gasteiger partial charge is 0.408 e. The maximum atomic E-state index is 14.0. The molecular formula is C30H31N3O7S. The predicted octanol–water partition coefficient (Wildman–Crippen LogP) is 3.93. The number of thioether (sulfide) groups is 1. The second-order valence-electron chi connectivity index (χ2n) is 10.9. The lowest BCUT2D eigenvalue weighted by atomic mass is 9.95. The van der Waals surface area contributed by atoms with Crippen molar-refractivity contribution >= 4 is 35.6 Å². The quantitative estimate of drug-likeness (QED) is 0.229. The van der Waals surface area contributed by atoms with E-state index in [9.17, 15) is 24.4 Å². The fraction of sp³-hybridized carbons (Fsp3) is 0.333. The second kappa shape index (κ2) is 11.4. The number of carbonyl (C=O) groups is 4. The van der Waals surface area contributed by atoms with Crippen LogP contribution in [0.3, 0.4) is 0 Å². The first-order valence-electron chi connectivity index (χ1n) is 13.2. The Balaban J connectivity index is 1.46. The van der Waals surface area contributed by atoms with Gasteiger partial charge < -0.3 is 19.7 Å². The lowest BCUT2D eigenvalue weighted by Gasteiger charge is -2.51. The molecular weight excluding hydrogens is 546 g/mol. The van der Waals surface area contributed by atoms with Gasteiger partial charge in [0.05, 0.1) is 6.54 Å². The monoisotopic (exact) mass is 577 g/mol. The topological polar surface area (TPSA) is 125 Å². The minimum absolute atomic E-state index is 0.136. The van der Waals surface area contributed by atoms with E-state index in [0.717, 1.165) is 11.1 Å². The Labute approximate surface area is 241 Å². The minimum atomic E-state index is -1.17. The summed E-state index contributed by atoms with van der Waals surface area (Å²) in [6.07, 6.45) is 0.339. The molecule has 0 aliphatic carbocycles. The molecule has 0 bridgehead atoms. The van der Waals surface area contributed by atoms with Gasteiger partial charge in [0.25, 0.3) is 5.91 Å². The van der Waals surface area contributed by atoms with Gasteiger partial charge in [-0.1, -0.05) is 60.7 Å². The van der Waals surface area contributed by atoms with Crippen LogP contribution in [0.5, 0.6) is 0 Å². The van der Waals surface area contributed by atoms with E-state index in [0.29, 0.717) is 16.2 Å². The van der Waals surface area contributed by atoms with Gasteiger partial charge in [-0.15, -0.1) is 11.8 Å². The standard InChI is InChI=1S/C30H31N3O7S/c1-30(2,3)40-29(37)31-22-26(35)33-23(21(17-41-27(22)33)16-20-14-15-32(38)25(20)34)28(36)39-24(18-10-6-4-7-11-18)19-12-8-5-9-13-19/h4-13,16-17,22-24,27,38H,14-15H2,1-3H3,(H,31,37)/b20-16+/t22-,23-,27-/m1/s1. The average molecular weight is 578 g/mol. The van der Waals surface area contributed by atoms with Crippen LogP contribution >= 0.6 is 11.8 Å². The van der Waals surface area contributed by atoms with E-state index in [4.69, 9.17) is 9.47 Å². The van der Waals surface area contributed by atoms with Gasteiger partial charge >= 0.3 is 12.1 Å². The molecule has 0 saturated carbocycles. The van der Waals surface area contributed by atoms with Gasteiger partial charge in [-0.2, -0.15) is 0 Å². The molecule has 2 fully saturated rings. The molecule has 10 nitrogen and oxygen atoms in total. The van der Waals surface area contributed by atoms with Gasteiger partial charge in [0.15, 0.2) is 12.1 Å². The molecule has 3 amide bonds. The Morgan fingerprint density at radius 2 is 1.66 bits per heavy atom. The van der Waals surface area contributed by atoms with Crippen molar-refractivity contribution in [1.29, 1.82) is 0 Å². The summed E-state index contributed by atoms with van der Waals surface area (Å²) in [7, 11) is 0. The fourth-order valence-electron chi connectivity index (χ4n) is 4.91. The van der Waals surface area contributed by atoms with E-state index in [1.165, 1.54) is 22.7 Å². The van der Waals surface area contributed by atoms with Crippen LogP contribution in [0.4, 0.5) is 4.79 Å². The van der Waals surface area contributed by atoms with Crippen LogP contribution in [0, 0.1) is 0 Å². The minimum Gasteiger partial charge on any atom is -0.451 e. The Kier molecular flexibility index (Phi) is 7.92. The van der Waals surface area contributed by atoms with Gasteiger partial charge in [0.2, 0.25) is 5.91 Å². The molecule has 0 spiro atoms. The number of nitrogens with zero attached hydrogens (tertiary/aromatic N) is 2. The lowest BCUT2D eigenvalue weighted by Crippen LogP contribution is -2.74. The van der Waals surface area contributed by atoms with Crippen LogP contribution in [0.2, 0.25) is 0 Å². The maximum absolute atomic E-state index is 14.0. The molecule has 2 aromatic rings. The summed E-state index contributed by atoms with van der Waals surface area (Å²) in [6, 6.07) is 16.5. The number of β-lactam (4-membered cyclic amide) rings is 1. The lowest BCUT2D eigenvalue weighted by molar-refractivity contribution is -0.164. The van der Waals surface area contributed by atoms with Crippen molar-refractivity contribution in [1.82, 2.24) is 15.3 Å². The Hall–Kier alpha value is -4.09. The first-order chi connectivity index (χ1) is 19.5. The zero-order chi connectivity index (χ0) is 29.3. The molecule has 3 aliphatic rings. The van der Waals surface area contributed by atoms with Crippen molar-refractivity contribution in [2.45, 2.75) is 56.4 Å². The molecule has 3 heterocycles. The van der Waals surface area contributed by atoms with E-state index in [1.807, 2.05) is 60.7 Å². The Bertz CT molecular complexity index is 1360.